The van der Waals surface area contributed by atoms with Gasteiger partial charge in [0, 0.05) is 16.5 Å². The predicted molar refractivity (Wildman–Crippen MR) is 75.3 cm³/mol. The Balaban J connectivity index is 1.84. The topological polar surface area (TPSA) is 60.4 Å². The molecule has 1 heterocycles. The second kappa shape index (κ2) is 6.22. The number of hydrogen-bond acceptors (Lipinski definition) is 4. The lowest BCUT2D eigenvalue weighted by atomic mass is 10.1. The van der Waals surface area contributed by atoms with E-state index in [-0.39, 0.29) is 36.3 Å². The maximum Gasteiger partial charge on any atom is 0.306 e. The first kappa shape index (κ1) is 15.4. The van der Waals surface area contributed by atoms with E-state index < -0.39 is 15.8 Å². The van der Waals surface area contributed by atoms with E-state index in [0.29, 0.717) is 16.5 Å². The molecule has 0 bridgehead atoms. The van der Waals surface area contributed by atoms with Crippen molar-refractivity contribution >= 4 is 31.7 Å². The van der Waals surface area contributed by atoms with Crippen LogP contribution >= 0.6 is 15.9 Å². The van der Waals surface area contributed by atoms with Crippen LogP contribution in [-0.4, -0.2) is 25.9 Å². The van der Waals surface area contributed by atoms with E-state index in [9.17, 15) is 17.6 Å². The van der Waals surface area contributed by atoms with Gasteiger partial charge in [0.05, 0.1) is 11.5 Å². The van der Waals surface area contributed by atoms with Gasteiger partial charge in [0.25, 0.3) is 0 Å². The summed E-state index contributed by atoms with van der Waals surface area (Å²) in [6.45, 7) is 0.0408. The second-order valence-corrected chi connectivity index (χ2v) is 7.95. The van der Waals surface area contributed by atoms with Gasteiger partial charge in [-0.15, -0.1) is 0 Å². The Labute approximate surface area is 125 Å². The summed E-state index contributed by atoms with van der Waals surface area (Å²) in [7, 11) is -2.98. The average Bonchev–Trinajstić information content (AvgIpc) is 2.67. The predicted octanol–water partition coefficient (Wildman–Crippen LogP) is 2.46. The van der Waals surface area contributed by atoms with Crippen molar-refractivity contribution in [2.45, 2.75) is 19.4 Å². The highest BCUT2D eigenvalue weighted by atomic mass is 79.9. The average molecular weight is 365 g/mol. The second-order valence-electron chi connectivity index (χ2n) is 4.87. The van der Waals surface area contributed by atoms with E-state index in [1.165, 1.54) is 18.2 Å². The molecule has 0 N–H and O–H groups in total. The van der Waals surface area contributed by atoms with Gasteiger partial charge in [-0.25, -0.2) is 12.8 Å². The van der Waals surface area contributed by atoms with E-state index >= 15 is 0 Å². The molecular formula is C13H14BrFO4S. The summed E-state index contributed by atoms with van der Waals surface area (Å²) in [4.78, 5) is 11.7. The summed E-state index contributed by atoms with van der Waals surface area (Å²) < 4.78 is 41.1. The number of benzene rings is 1. The monoisotopic (exact) mass is 364 g/mol. The Morgan fingerprint density at radius 1 is 1.45 bits per heavy atom. The van der Waals surface area contributed by atoms with Crippen molar-refractivity contribution in [1.82, 2.24) is 0 Å². The molecule has 2 rings (SSSR count). The van der Waals surface area contributed by atoms with E-state index in [4.69, 9.17) is 4.74 Å². The highest BCUT2D eigenvalue weighted by Crippen LogP contribution is 2.23. The standard InChI is InChI=1S/C13H14BrFO4S/c14-12-6-11(15)2-1-10(12)7-19-13(16)5-9-3-4-20(17,18)8-9/h1-2,6,9H,3-5,7-8H2. The maximum atomic E-state index is 12.9. The molecule has 7 heteroatoms. The normalized spacial score (nSPS) is 20.8. The SMILES string of the molecule is O=C(CC1CCS(=O)(=O)C1)OCc1ccc(F)cc1Br. The van der Waals surface area contributed by atoms with Crippen molar-refractivity contribution in [3.8, 4) is 0 Å². The number of sulfone groups is 1. The number of hydrogen-bond donors (Lipinski definition) is 0. The van der Waals surface area contributed by atoms with Gasteiger partial charge >= 0.3 is 5.97 Å². The van der Waals surface area contributed by atoms with Gasteiger partial charge in [0.2, 0.25) is 0 Å². The molecule has 1 fully saturated rings. The maximum absolute atomic E-state index is 12.9. The van der Waals surface area contributed by atoms with Gasteiger partial charge in [-0.05, 0) is 24.5 Å². The summed E-state index contributed by atoms with van der Waals surface area (Å²) in [5, 5.41) is 0. The Morgan fingerprint density at radius 3 is 2.80 bits per heavy atom. The Bertz CT molecular complexity index is 615. The quantitative estimate of drug-likeness (QED) is 0.770. The molecule has 110 valence electrons. The molecule has 1 aromatic carbocycles. The van der Waals surface area contributed by atoms with Crippen molar-refractivity contribution in [2.24, 2.45) is 5.92 Å². The van der Waals surface area contributed by atoms with Crippen LogP contribution in [0.15, 0.2) is 22.7 Å². The fourth-order valence-electron chi connectivity index (χ4n) is 2.12. The molecule has 1 atom stereocenters. The fraction of sp³-hybridized carbons (Fsp3) is 0.462. The zero-order valence-electron chi connectivity index (χ0n) is 10.6. The van der Waals surface area contributed by atoms with Gasteiger partial charge in [-0.3, -0.25) is 4.79 Å². The summed E-state index contributed by atoms with van der Waals surface area (Å²) in [5.74, 6) is -0.743. The first-order valence-corrected chi connectivity index (χ1v) is 8.77. The van der Waals surface area contributed by atoms with Crippen LogP contribution in [0.5, 0.6) is 0 Å². The van der Waals surface area contributed by atoms with E-state index in [1.807, 2.05) is 0 Å². The first-order chi connectivity index (χ1) is 9.35. The van der Waals surface area contributed by atoms with Crippen LogP contribution in [0.4, 0.5) is 4.39 Å². The largest absolute Gasteiger partial charge is 0.461 e. The van der Waals surface area contributed by atoms with Crippen molar-refractivity contribution in [2.75, 3.05) is 11.5 Å². The molecule has 1 unspecified atom stereocenters. The van der Waals surface area contributed by atoms with Crippen LogP contribution < -0.4 is 0 Å². The van der Waals surface area contributed by atoms with Crippen molar-refractivity contribution in [3.63, 3.8) is 0 Å². The molecule has 1 aromatic rings. The van der Waals surface area contributed by atoms with Gasteiger partial charge in [-0.2, -0.15) is 0 Å². The van der Waals surface area contributed by atoms with Gasteiger partial charge in [0.15, 0.2) is 9.84 Å². The third-order valence-corrected chi connectivity index (χ3v) is 5.76. The lowest BCUT2D eigenvalue weighted by molar-refractivity contribution is -0.145. The third kappa shape index (κ3) is 4.28. The highest BCUT2D eigenvalue weighted by molar-refractivity contribution is 9.10. The van der Waals surface area contributed by atoms with Gasteiger partial charge < -0.3 is 4.74 Å². The van der Waals surface area contributed by atoms with Crippen LogP contribution in [0.2, 0.25) is 0 Å². The van der Waals surface area contributed by atoms with Crippen LogP contribution in [0.3, 0.4) is 0 Å². The molecule has 1 aliphatic heterocycles. The number of carbonyl (C=O) groups excluding carboxylic acids is 1. The Kier molecular flexibility index (Phi) is 4.80. The first-order valence-electron chi connectivity index (χ1n) is 6.16. The lowest BCUT2D eigenvalue weighted by Crippen LogP contribution is -2.13. The number of halogens is 2. The molecule has 0 amide bonds. The molecule has 20 heavy (non-hydrogen) atoms. The molecule has 0 spiro atoms. The Morgan fingerprint density at radius 2 is 2.20 bits per heavy atom. The molecule has 0 saturated carbocycles. The van der Waals surface area contributed by atoms with E-state index in [0.717, 1.165) is 0 Å². The lowest BCUT2D eigenvalue weighted by Gasteiger charge is -2.09. The molecule has 0 radical (unpaired) electrons. The molecule has 1 aliphatic rings. The number of ether oxygens (including phenoxy) is 1. The van der Waals surface area contributed by atoms with Crippen LogP contribution in [-0.2, 0) is 26.0 Å². The van der Waals surface area contributed by atoms with Crippen molar-refractivity contribution in [1.29, 1.82) is 0 Å². The fourth-order valence-corrected chi connectivity index (χ4v) is 4.45. The number of esters is 1. The van der Waals surface area contributed by atoms with Crippen molar-refractivity contribution < 1.29 is 22.3 Å². The Hall–Kier alpha value is -0.950. The van der Waals surface area contributed by atoms with Crippen LogP contribution in [0.25, 0.3) is 0 Å². The zero-order valence-corrected chi connectivity index (χ0v) is 13.0. The summed E-state index contributed by atoms with van der Waals surface area (Å²) >= 11 is 3.19. The van der Waals surface area contributed by atoms with Gasteiger partial charge in [-0.1, -0.05) is 22.0 Å². The molecule has 1 saturated heterocycles. The molecule has 0 aliphatic carbocycles. The summed E-state index contributed by atoms with van der Waals surface area (Å²) in [5.41, 5.74) is 0.666. The number of carbonyl (C=O) groups is 1. The number of rotatable bonds is 4. The summed E-state index contributed by atoms with van der Waals surface area (Å²) in [6.07, 6.45) is 0.621. The molecule has 4 nitrogen and oxygen atoms in total. The highest BCUT2D eigenvalue weighted by Gasteiger charge is 2.29. The smallest absolute Gasteiger partial charge is 0.306 e. The van der Waals surface area contributed by atoms with Crippen LogP contribution in [0.1, 0.15) is 18.4 Å². The van der Waals surface area contributed by atoms with Gasteiger partial charge in [0.1, 0.15) is 12.4 Å². The molecule has 0 aromatic heterocycles. The minimum absolute atomic E-state index is 0.0408. The van der Waals surface area contributed by atoms with Crippen molar-refractivity contribution in [3.05, 3.63) is 34.1 Å². The third-order valence-electron chi connectivity index (χ3n) is 3.19. The minimum atomic E-state index is -2.98. The zero-order chi connectivity index (χ0) is 14.8. The van der Waals surface area contributed by atoms with Crippen LogP contribution in [0, 0.1) is 11.7 Å². The minimum Gasteiger partial charge on any atom is -0.461 e. The summed E-state index contributed by atoms with van der Waals surface area (Å²) in [6, 6.07) is 4.12. The van der Waals surface area contributed by atoms with E-state index in [1.54, 1.807) is 0 Å². The molecular weight excluding hydrogens is 351 g/mol. The van der Waals surface area contributed by atoms with E-state index in [2.05, 4.69) is 15.9 Å².